The Hall–Kier alpha value is -2.56. The summed E-state index contributed by atoms with van der Waals surface area (Å²) in [5.74, 6) is -0.278. The molecule has 2 aromatic rings. The van der Waals surface area contributed by atoms with Crippen LogP contribution in [0.25, 0.3) is 0 Å². The standard InChI is InChI=1S/C18H21FN4O4S/c19-15-4-2-14(3-5-15)13-21-8-1-9-22(11-10-21)17-7-6-16(23(24)25)12-18(17)28(20,26)27/h2-7,12H,1,8-11,13H2,(H2,20,26,27). The van der Waals surface area contributed by atoms with Crippen LogP contribution in [0.4, 0.5) is 15.8 Å². The van der Waals surface area contributed by atoms with Gasteiger partial charge in [0.25, 0.3) is 5.69 Å². The van der Waals surface area contributed by atoms with Gasteiger partial charge in [-0.05, 0) is 30.2 Å². The van der Waals surface area contributed by atoms with Crippen molar-refractivity contribution in [2.45, 2.75) is 17.9 Å². The Morgan fingerprint density at radius 1 is 1.07 bits per heavy atom. The Labute approximate surface area is 162 Å². The van der Waals surface area contributed by atoms with Crippen molar-refractivity contribution in [2.24, 2.45) is 5.14 Å². The van der Waals surface area contributed by atoms with E-state index >= 15 is 0 Å². The third kappa shape index (κ3) is 4.83. The number of nitrogens with two attached hydrogens (primary N) is 1. The first kappa shape index (κ1) is 20.2. The van der Waals surface area contributed by atoms with Crippen molar-refractivity contribution in [3.05, 3.63) is 64.0 Å². The number of hydrogen-bond donors (Lipinski definition) is 1. The van der Waals surface area contributed by atoms with Gasteiger partial charge in [-0.1, -0.05) is 12.1 Å². The topological polar surface area (TPSA) is 110 Å². The van der Waals surface area contributed by atoms with Crippen LogP contribution in [0.5, 0.6) is 0 Å². The summed E-state index contributed by atoms with van der Waals surface area (Å²) in [5.41, 5.74) is 1.05. The number of rotatable bonds is 5. The Balaban J connectivity index is 1.78. The highest BCUT2D eigenvalue weighted by Gasteiger charge is 2.24. The van der Waals surface area contributed by atoms with Gasteiger partial charge in [-0.15, -0.1) is 0 Å². The minimum Gasteiger partial charge on any atom is -0.369 e. The first-order valence-corrected chi connectivity index (χ1v) is 10.3. The second-order valence-corrected chi connectivity index (χ2v) is 8.23. The molecule has 0 aromatic heterocycles. The van der Waals surface area contributed by atoms with Gasteiger partial charge in [-0.25, -0.2) is 17.9 Å². The third-order valence-electron chi connectivity index (χ3n) is 4.71. The van der Waals surface area contributed by atoms with Gasteiger partial charge in [-0.3, -0.25) is 15.0 Å². The van der Waals surface area contributed by atoms with Gasteiger partial charge in [-0.2, -0.15) is 0 Å². The normalized spacial score (nSPS) is 16.0. The van der Waals surface area contributed by atoms with Crippen LogP contribution in [0.3, 0.4) is 0 Å². The van der Waals surface area contributed by atoms with Crippen molar-refractivity contribution >= 4 is 21.4 Å². The maximum Gasteiger partial charge on any atom is 0.270 e. The fraction of sp³-hybridized carbons (Fsp3) is 0.333. The number of sulfonamides is 1. The van der Waals surface area contributed by atoms with E-state index in [0.717, 1.165) is 24.6 Å². The van der Waals surface area contributed by atoms with E-state index in [1.807, 2.05) is 4.90 Å². The molecule has 150 valence electrons. The maximum atomic E-state index is 13.1. The van der Waals surface area contributed by atoms with Gasteiger partial charge in [0.1, 0.15) is 10.7 Å². The van der Waals surface area contributed by atoms with Crippen molar-refractivity contribution in [2.75, 3.05) is 31.1 Å². The van der Waals surface area contributed by atoms with E-state index in [1.54, 1.807) is 12.1 Å². The Morgan fingerprint density at radius 3 is 2.43 bits per heavy atom. The van der Waals surface area contributed by atoms with Crippen LogP contribution in [0, 0.1) is 15.9 Å². The molecule has 0 unspecified atom stereocenters. The fourth-order valence-electron chi connectivity index (χ4n) is 3.32. The van der Waals surface area contributed by atoms with E-state index < -0.39 is 14.9 Å². The second kappa shape index (κ2) is 8.21. The van der Waals surface area contributed by atoms with Crippen LogP contribution in [0.1, 0.15) is 12.0 Å². The first-order valence-electron chi connectivity index (χ1n) is 8.77. The predicted octanol–water partition coefficient (Wildman–Crippen LogP) is 2.09. The molecule has 1 saturated heterocycles. The highest BCUT2D eigenvalue weighted by Crippen LogP contribution is 2.29. The molecule has 0 aliphatic carbocycles. The molecule has 0 atom stereocenters. The Kier molecular flexibility index (Phi) is 5.92. The molecule has 28 heavy (non-hydrogen) atoms. The smallest absolute Gasteiger partial charge is 0.270 e. The molecule has 2 aromatic carbocycles. The summed E-state index contributed by atoms with van der Waals surface area (Å²) in [6, 6.07) is 10.1. The zero-order valence-electron chi connectivity index (χ0n) is 15.1. The number of primary sulfonamides is 1. The van der Waals surface area contributed by atoms with E-state index in [4.69, 9.17) is 5.14 Å². The van der Waals surface area contributed by atoms with Crippen molar-refractivity contribution in [1.82, 2.24) is 4.90 Å². The average molecular weight is 408 g/mol. The number of benzene rings is 2. The summed E-state index contributed by atoms with van der Waals surface area (Å²) in [4.78, 5) is 14.2. The number of nitro groups is 1. The maximum absolute atomic E-state index is 13.1. The number of non-ortho nitro benzene ring substituents is 1. The summed E-state index contributed by atoms with van der Waals surface area (Å²) >= 11 is 0. The number of nitro benzene ring substituents is 1. The average Bonchev–Trinajstić information content (AvgIpc) is 2.88. The first-order chi connectivity index (χ1) is 13.2. The molecule has 0 saturated carbocycles. The van der Waals surface area contributed by atoms with Crippen LogP contribution in [0.15, 0.2) is 47.4 Å². The minimum absolute atomic E-state index is 0.242. The lowest BCUT2D eigenvalue weighted by Gasteiger charge is -2.25. The lowest BCUT2D eigenvalue weighted by atomic mass is 10.2. The summed E-state index contributed by atoms with van der Waals surface area (Å²) in [6.07, 6.45) is 0.780. The molecule has 1 heterocycles. The van der Waals surface area contributed by atoms with E-state index in [9.17, 15) is 22.9 Å². The Morgan fingerprint density at radius 2 is 1.79 bits per heavy atom. The van der Waals surface area contributed by atoms with Gasteiger partial charge in [0.15, 0.2) is 0 Å². The third-order valence-corrected chi connectivity index (χ3v) is 5.65. The van der Waals surface area contributed by atoms with Crippen molar-refractivity contribution in [1.29, 1.82) is 0 Å². The fourth-order valence-corrected chi connectivity index (χ4v) is 4.10. The summed E-state index contributed by atoms with van der Waals surface area (Å²) in [6.45, 7) is 3.27. The number of hydrogen-bond acceptors (Lipinski definition) is 6. The molecule has 1 aliphatic rings. The van der Waals surface area contributed by atoms with Gasteiger partial charge < -0.3 is 4.90 Å². The van der Waals surface area contributed by atoms with Crippen LogP contribution >= 0.6 is 0 Å². The van der Waals surface area contributed by atoms with Crippen LogP contribution in [0.2, 0.25) is 0 Å². The van der Waals surface area contributed by atoms with Crippen molar-refractivity contribution < 1.29 is 17.7 Å². The van der Waals surface area contributed by atoms with E-state index in [1.165, 1.54) is 24.3 Å². The molecule has 3 rings (SSSR count). The molecular formula is C18H21FN4O4S. The largest absolute Gasteiger partial charge is 0.369 e. The summed E-state index contributed by atoms with van der Waals surface area (Å²) in [5, 5.41) is 16.3. The quantitative estimate of drug-likeness (QED) is 0.599. The van der Waals surface area contributed by atoms with Crippen LogP contribution in [-0.2, 0) is 16.6 Å². The zero-order chi connectivity index (χ0) is 20.3. The number of halogens is 1. The highest BCUT2D eigenvalue weighted by molar-refractivity contribution is 7.89. The number of anilines is 1. The van der Waals surface area contributed by atoms with E-state index in [-0.39, 0.29) is 16.4 Å². The lowest BCUT2D eigenvalue weighted by Crippen LogP contribution is -2.31. The van der Waals surface area contributed by atoms with Gasteiger partial charge in [0.2, 0.25) is 10.0 Å². The lowest BCUT2D eigenvalue weighted by molar-refractivity contribution is -0.385. The van der Waals surface area contributed by atoms with Gasteiger partial charge in [0.05, 0.1) is 10.6 Å². The molecular weight excluding hydrogens is 387 g/mol. The summed E-state index contributed by atoms with van der Waals surface area (Å²) in [7, 11) is -4.11. The molecule has 0 amide bonds. The SMILES string of the molecule is NS(=O)(=O)c1cc([N+](=O)[O-])ccc1N1CCCN(Cc2ccc(F)cc2)CC1. The molecule has 0 radical (unpaired) electrons. The van der Waals surface area contributed by atoms with Crippen LogP contribution < -0.4 is 10.0 Å². The van der Waals surface area contributed by atoms with Crippen molar-refractivity contribution in [3.63, 3.8) is 0 Å². The van der Waals surface area contributed by atoms with Gasteiger partial charge in [0, 0.05) is 44.9 Å². The molecule has 10 heteroatoms. The van der Waals surface area contributed by atoms with Gasteiger partial charge >= 0.3 is 0 Å². The monoisotopic (exact) mass is 408 g/mol. The molecule has 0 spiro atoms. The molecule has 8 nitrogen and oxygen atoms in total. The molecule has 0 bridgehead atoms. The Bertz CT molecular complexity index is 966. The highest BCUT2D eigenvalue weighted by atomic mass is 32.2. The van der Waals surface area contributed by atoms with Crippen molar-refractivity contribution in [3.8, 4) is 0 Å². The second-order valence-electron chi connectivity index (χ2n) is 6.70. The minimum atomic E-state index is -4.11. The molecule has 2 N–H and O–H groups in total. The predicted molar refractivity (Wildman–Crippen MR) is 103 cm³/mol. The van der Waals surface area contributed by atoms with E-state index in [0.29, 0.717) is 31.9 Å². The number of nitrogens with zero attached hydrogens (tertiary/aromatic N) is 3. The van der Waals surface area contributed by atoms with E-state index in [2.05, 4.69) is 4.90 Å². The zero-order valence-corrected chi connectivity index (χ0v) is 15.9. The summed E-state index contributed by atoms with van der Waals surface area (Å²) < 4.78 is 37.0. The van der Waals surface area contributed by atoms with Crippen LogP contribution in [-0.4, -0.2) is 44.4 Å². The molecule has 1 fully saturated rings. The molecule has 1 aliphatic heterocycles.